The van der Waals surface area contributed by atoms with Gasteiger partial charge in [-0.2, -0.15) is 9.30 Å². The maximum Gasteiger partial charge on any atom is 0.325 e. The Hall–Kier alpha value is -4.00. The molecule has 10 nitrogen and oxygen atoms in total. The van der Waals surface area contributed by atoms with Crippen molar-refractivity contribution in [1.82, 2.24) is 8.87 Å². The number of amides is 1. The van der Waals surface area contributed by atoms with Gasteiger partial charge in [0.2, 0.25) is 10.0 Å². The van der Waals surface area contributed by atoms with E-state index in [0.29, 0.717) is 21.7 Å². The summed E-state index contributed by atoms with van der Waals surface area (Å²) in [6.07, 6.45) is 0. The van der Waals surface area contributed by atoms with Gasteiger partial charge in [0.15, 0.2) is 16.3 Å². The molecule has 40 heavy (non-hydrogen) atoms. The normalized spacial score (nSPS) is 12.1. The van der Waals surface area contributed by atoms with Gasteiger partial charge in [0.05, 0.1) is 36.4 Å². The minimum absolute atomic E-state index is 0.0728. The first-order valence-electron chi connectivity index (χ1n) is 12.3. The molecule has 0 spiro atoms. The lowest BCUT2D eigenvalue weighted by Crippen LogP contribution is -2.30. The molecule has 1 aromatic heterocycles. The molecule has 0 saturated heterocycles. The average molecular weight is 584 g/mol. The number of rotatable bonds is 10. The minimum Gasteiger partial charge on any atom is -0.493 e. The number of carbonyl (C=O) groups excluding carboxylic acids is 2. The van der Waals surface area contributed by atoms with Crippen molar-refractivity contribution in [3.63, 3.8) is 0 Å². The summed E-state index contributed by atoms with van der Waals surface area (Å²) in [7, 11) is 0.500. The van der Waals surface area contributed by atoms with Gasteiger partial charge < -0.3 is 18.8 Å². The highest BCUT2D eigenvalue weighted by Gasteiger charge is 2.24. The number of carbonyl (C=O) groups is 2. The second-order valence-electron chi connectivity index (χ2n) is 8.58. The average Bonchev–Trinajstić information content (AvgIpc) is 3.30. The Kier molecular flexibility index (Phi) is 9.03. The standard InChI is InChI=1S/C28H29N3O7S2/c1-5-30(17-19-9-7-6-8-10-19)40(34,35)21-13-11-20(12-14-21)27(33)29-28-31(18-26(32)38-4)22-15-23(36-2)24(37-3)16-25(22)39-28/h6-16H,5,17-18H2,1-4H3. The van der Waals surface area contributed by atoms with Crippen LogP contribution in [0.15, 0.2) is 76.6 Å². The Labute approximate surface area is 236 Å². The topological polar surface area (TPSA) is 117 Å². The molecule has 0 aliphatic heterocycles. The van der Waals surface area contributed by atoms with Gasteiger partial charge in [0, 0.05) is 30.8 Å². The first-order valence-corrected chi connectivity index (χ1v) is 14.5. The van der Waals surface area contributed by atoms with Gasteiger partial charge in [0.1, 0.15) is 6.54 Å². The fourth-order valence-corrected chi connectivity index (χ4v) is 6.53. The number of nitrogens with zero attached hydrogens (tertiary/aromatic N) is 3. The fraction of sp³-hybridized carbons (Fsp3) is 0.250. The van der Waals surface area contributed by atoms with Crippen LogP contribution in [0.5, 0.6) is 11.5 Å². The van der Waals surface area contributed by atoms with E-state index >= 15 is 0 Å². The van der Waals surface area contributed by atoms with Crippen molar-refractivity contribution >= 4 is 43.5 Å². The van der Waals surface area contributed by atoms with E-state index in [-0.39, 0.29) is 34.9 Å². The Balaban J connectivity index is 1.68. The summed E-state index contributed by atoms with van der Waals surface area (Å²) in [5.41, 5.74) is 1.68. The van der Waals surface area contributed by atoms with Crippen LogP contribution in [0.1, 0.15) is 22.8 Å². The third kappa shape index (κ3) is 6.09. The third-order valence-corrected chi connectivity index (χ3v) is 9.17. The molecule has 0 aliphatic rings. The van der Waals surface area contributed by atoms with Crippen LogP contribution in [0.2, 0.25) is 0 Å². The molecular weight excluding hydrogens is 554 g/mol. The monoisotopic (exact) mass is 583 g/mol. The van der Waals surface area contributed by atoms with Crippen molar-refractivity contribution < 1.29 is 32.2 Å². The maximum atomic E-state index is 13.3. The van der Waals surface area contributed by atoms with Crippen molar-refractivity contribution in [2.24, 2.45) is 4.99 Å². The quantitative estimate of drug-likeness (QED) is 0.261. The van der Waals surface area contributed by atoms with E-state index in [1.54, 1.807) is 23.6 Å². The van der Waals surface area contributed by atoms with E-state index in [1.807, 2.05) is 30.3 Å². The van der Waals surface area contributed by atoms with Crippen LogP contribution in [0.4, 0.5) is 0 Å². The molecule has 210 valence electrons. The molecule has 0 atom stereocenters. The van der Waals surface area contributed by atoms with Gasteiger partial charge in [0.25, 0.3) is 5.91 Å². The zero-order valence-electron chi connectivity index (χ0n) is 22.5. The number of aromatic nitrogens is 1. The predicted molar refractivity (Wildman–Crippen MR) is 151 cm³/mol. The number of hydrogen-bond acceptors (Lipinski definition) is 8. The molecule has 3 aromatic carbocycles. The molecule has 0 bridgehead atoms. The van der Waals surface area contributed by atoms with Gasteiger partial charge >= 0.3 is 5.97 Å². The second-order valence-corrected chi connectivity index (χ2v) is 11.5. The number of benzene rings is 3. The van der Waals surface area contributed by atoms with Gasteiger partial charge in [-0.3, -0.25) is 9.59 Å². The Morgan fingerprint density at radius 2 is 1.60 bits per heavy atom. The van der Waals surface area contributed by atoms with Gasteiger partial charge in [-0.15, -0.1) is 0 Å². The second kappa shape index (κ2) is 12.5. The molecule has 12 heteroatoms. The molecule has 0 fully saturated rings. The highest BCUT2D eigenvalue weighted by atomic mass is 32.2. The Bertz CT molecular complexity index is 1690. The van der Waals surface area contributed by atoms with Gasteiger partial charge in [-0.25, -0.2) is 8.42 Å². The number of methoxy groups -OCH3 is 3. The van der Waals surface area contributed by atoms with Crippen LogP contribution in [0, 0.1) is 0 Å². The number of esters is 1. The van der Waals surface area contributed by atoms with Crippen LogP contribution >= 0.6 is 11.3 Å². The molecule has 1 amide bonds. The molecule has 0 aliphatic carbocycles. The predicted octanol–water partition coefficient (Wildman–Crippen LogP) is 3.84. The highest BCUT2D eigenvalue weighted by Crippen LogP contribution is 2.33. The fourth-order valence-electron chi connectivity index (χ4n) is 4.05. The molecule has 0 saturated carbocycles. The summed E-state index contributed by atoms with van der Waals surface area (Å²) < 4.78 is 45.8. The van der Waals surface area contributed by atoms with Crippen LogP contribution in [-0.2, 0) is 32.6 Å². The molecular formula is C28H29N3O7S2. The summed E-state index contributed by atoms with van der Waals surface area (Å²) in [5.74, 6) is -0.169. The van der Waals surface area contributed by atoms with E-state index in [4.69, 9.17) is 14.2 Å². The number of hydrogen-bond donors (Lipinski definition) is 0. The lowest BCUT2D eigenvalue weighted by Gasteiger charge is -2.20. The lowest BCUT2D eigenvalue weighted by atomic mass is 10.2. The number of thiazole rings is 1. The van der Waals surface area contributed by atoms with E-state index in [2.05, 4.69) is 4.99 Å². The number of ether oxygens (including phenoxy) is 3. The minimum atomic E-state index is -3.79. The molecule has 4 aromatic rings. The lowest BCUT2D eigenvalue weighted by molar-refractivity contribution is -0.141. The smallest absolute Gasteiger partial charge is 0.325 e. The molecule has 0 N–H and O–H groups in total. The first-order chi connectivity index (χ1) is 19.2. The Morgan fingerprint density at radius 3 is 2.20 bits per heavy atom. The summed E-state index contributed by atoms with van der Waals surface area (Å²) in [5, 5.41) is 0. The largest absolute Gasteiger partial charge is 0.493 e. The third-order valence-electron chi connectivity index (χ3n) is 6.19. The zero-order chi connectivity index (χ0) is 28.9. The maximum absolute atomic E-state index is 13.3. The first kappa shape index (κ1) is 29.0. The summed E-state index contributed by atoms with van der Waals surface area (Å²) in [6.45, 7) is 2.12. The van der Waals surface area contributed by atoms with Crippen LogP contribution in [0.3, 0.4) is 0 Å². The van der Waals surface area contributed by atoms with Crippen molar-refractivity contribution in [3.8, 4) is 11.5 Å². The zero-order valence-corrected chi connectivity index (χ0v) is 24.1. The summed E-state index contributed by atoms with van der Waals surface area (Å²) in [6, 6.07) is 18.4. The molecule has 1 heterocycles. The molecule has 0 radical (unpaired) electrons. The van der Waals surface area contributed by atoms with Crippen LogP contribution in [0.25, 0.3) is 10.2 Å². The van der Waals surface area contributed by atoms with Crippen molar-refractivity contribution in [2.45, 2.75) is 24.9 Å². The van der Waals surface area contributed by atoms with Crippen molar-refractivity contribution in [1.29, 1.82) is 0 Å². The highest BCUT2D eigenvalue weighted by molar-refractivity contribution is 7.89. The van der Waals surface area contributed by atoms with Crippen LogP contribution in [-0.4, -0.2) is 57.0 Å². The molecule has 4 rings (SSSR count). The van der Waals surface area contributed by atoms with E-state index in [0.717, 1.165) is 5.56 Å². The molecule has 0 unspecified atom stereocenters. The number of fused-ring (bicyclic) bond motifs is 1. The van der Waals surface area contributed by atoms with E-state index < -0.39 is 21.9 Å². The van der Waals surface area contributed by atoms with Crippen molar-refractivity contribution in [3.05, 3.63) is 82.7 Å². The van der Waals surface area contributed by atoms with E-state index in [9.17, 15) is 18.0 Å². The van der Waals surface area contributed by atoms with Crippen LogP contribution < -0.4 is 14.3 Å². The summed E-state index contributed by atoms with van der Waals surface area (Å²) >= 11 is 1.19. The Morgan fingerprint density at radius 1 is 0.950 bits per heavy atom. The number of sulfonamides is 1. The van der Waals surface area contributed by atoms with Gasteiger partial charge in [-0.1, -0.05) is 48.6 Å². The van der Waals surface area contributed by atoms with Crippen molar-refractivity contribution in [2.75, 3.05) is 27.9 Å². The van der Waals surface area contributed by atoms with E-state index in [1.165, 1.54) is 61.2 Å². The van der Waals surface area contributed by atoms with Gasteiger partial charge in [-0.05, 0) is 29.8 Å². The summed E-state index contributed by atoms with van der Waals surface area (Å²) in [4.78, 5) is 29.9. The SMILES string of the molecule is CCN(Cc1ccccc1)S(=O)(=O)c1ccc(C(=O)N=c2sc3cc(OC)c(OC)cc3n2CC(=O)OC)cc1.